The van der Waals surface area contributed by atoms with Crippen molar-refractivity contribution in [2.75, 3.05) is 19.8 Å². The van der Waals surface area contributed by atoms with E-state index in [4.69, 9.17) is 9.73 Å². The third-order valence-electron chi connectivity index (χ3n) is 6.78. The highest BCUT2D eigenvalue weighted by Gasteiger charge is 2.33. The molecule has 2 aliphatic carbocycles. The number of nitrogens with one attached hydrogen (secondary N) is 2. The number of guanidine groups is 1. The molecular weight excluding hydrogens is 364 g/mol. The van der Waals surface area contributed by atoms with Gasteiger partial charge in [0, 0.05) is 32.8 Å². The number of rotatable bonds is 9. The molecule has 2 fully saturated rings. The van der Waals surface area contributed by atoms with Crippen molar-refractivity contribution in [2.24, 2.45) is 17.5 Å². The molecule has 0 aromatic carbocycles. The van der Waals surface area contributed by atoms with E-state index in [1.165, 1.54) is 57.8 Å². The van der Waals surface area contributed by atoms with Crippen molar-refractivity contribution in [1.29, 1.82) is 0 Å². The van der Waals surface area contributed by atoms with Crippen LogP contribution in [0, 0.1) is 12.3 Å². The van der Waals surface area contributed by atoms with E-state index in [1.807, 2.05) is 18.5 Å². The van der Waals surface area contributed by atoms with Crippen LogP contribution in [0.3, 0.4) is 0 Å². The molecule has 0 unspecified atom stereocenters. The number of aromatic nitrogens is 3. The standard InChI is InChI=1S/C22H40N6O/c1-4-29-15-14-22(12-8-9-13-22)17-24-21(25-19-10-6-5-7-11-19)23-16-20-27-26-18(2)28(20)3/h19H,4-17H2,1-3H3,(H2,23,24,25). The molecule has 1 aromatic rings. The van der Waals surface area contributed by atoms with Crippen molar-refractivity contribution < 1.29 is 4.74 Å². The fourth-order valence-corrected chi connectivity index (χ4v) is 4.68. The summed E-state index contributed by atoms with van der Waals surface area (Å²) in [5.74, 6) is 2.75. The Labute approximate surface area is 176 Å². The summed E-state index contributed by atoms with van der Waals surface area (Å²) in [5, 5.41) is 15.8. The monoisotopic (exact) mass is 404 g/mol. The van der Waals surface area contributed by atoms with Crippen LogP contribution in [-0.2, 0) is 18.3 Å². The van der Waals surface area contributed by atoms with E-state index >= 15 is 0 Å². The molecule has 7 heteroatoms. The van der Waals surface area contributed by atoms with Crippen molar-refractivity contribution in [3.05, 3.63) is 11.6 Å². The first kappa shape index (κ1) is 22.1. The number of ether oxygens (including phenoxy) is 1. The molecular formula is C22H40N6O. The van der Waals surface area contributed by atoms with Crippen LogP contribution in [-0.4, -0.2) is 46.5 Å². The lowest BCUT2D eigenvalue weighted by Gasteiger charge is -2.31. The van der Waals surface area contributed by atoms with Gasteiger partial charge in [-0.25, -0.2) is 4.99 Å². The number of hydrogen-bond donors (Lipinski definition) is 2. The van der Waals surface area contributed by atoms with Gasteiger partial charge in [0.15, 0.2) is 11.8 Å². The Morgan fingerprint density at radius 3 is 2.59 bits per heavy atom. The number of aliphatic imine (C=N–C) groups is 1. The maximum atomic E-state index is 5.68. The van der Waals surface area contributed by atoms with Crippen LogP contribution in [0.4, 0.5) is 0 Å². The van der Waals surface area contributed by atoms with Gasteiger partial charge in [-0.3, -0.25) is 0 Å². The molecule has 2 saturated carbocycles. The third kappa shape index (κ3) is 6.43. The SMILES string of the molecule is CCOCCC1(CNC(=NCc2nnc(C)n2C)NC2CCCCC2)CCCC1. The van der Waals surface area contributed by atoms with Crippen LogP contribution >= 0.6 is 0 Å². The van der Waals surface area contributed by atoms with E-state index in [-0.39, 0.29) is 0 Å². The highest BCUT2D eigenvalue weighted by molar-refractivity contribution is 5.80. The van der Waals surface area contributed by atoms with Crippen LogP contribution in [0.5, 0.6) is 0 Å². The molecule has 0 bridgehead atoms. The Morgan fingerprint density at radius 1 is 1.17 bits per heavy atom. The van der Waals surface area contributed by atoms with E-state index in [0.29, 0.717) is 18.0 Å². The highest BCUT2D eigenvalue weighted by Crippen LogP contribution is 2.40. The molecule has 0 saturated heterocycles. The third-order valence-corrected chi connectivity index (χ3v) is 6.78. The fourth-order valence-electron chi connectivity index (χ4n) is 4.68. The first-order chi connectivity index (χ1) is 14.1. The number of hydrogen-bond acceptors (Lipinski definition) is 4. The van der Waals surface area contributed by atoms with Gasteiger partial charge in [-0.1, -0.05) is 32.1 Å². The molecule has 1 heterocycles. The summed E-state index contributed by atoms with van der Waals surface area (Å²) in [5.41, 5.74) is 0.339. The minimum absolute atomic E-state index is 0.339. The van der Waals surface area contributed by atoms with Gasteiger partial charge in [0.2, 0.25) is 0 Å². The highest BCUT2D eigenvalue weighted by atomic mass is 16.5. The first-order valence-corrected chi connectivity index (χ1v) is 11.6. The van der Waals surface area contributed by atoms with Gasteiger partial charge in [0.05, 0.1) is 0 Å². The van der Waals surface area contributed by atoms with E-state index in [1.54, 1.807) is 0 Å². The predicted molar refractivity (Wildman–Crippen MR) is 117 cm³/mol. The van der Waals surface area contributed by atoms with Gasteiger partial charge < -0.3 is 19.9 Å². The lowest BCUT2D eigenvalue weighted by molar-refractivity contribution is 0.105. The summed E-state index contributed by atoms with van der Waals surface area (Å²) in [4.78, 5) is 4.89. The van der Waals surface area contributed by atoms with Gasteiger partial charge in [-0.15, -0.1) is 10.2 Å². The zero-order chi connectivity index (χ0) is 20.5. The number of aryl methyl sites for hydroxylation is 1. The van der Waals surface area contributed by atoms with Gasteiger partial charge in [-0.05, 0) is 51.4 Å². The van der Waals surface area contributed by atoms with Crippen molar-refractivity contribution in [2.45, 2.75) is 90.6 Å². The lowest BCUT2D eigenvalue weighted by Crippen LogP contribution is -2.47. The minimum Gasteiger partial charge on any atom is -0.382 e. The molecule has 7 nitrogen and oxygen atoms in total. The predicted octanol–water partition coefficient (Wildman–Crippen LogP) is 3.48. The summed E-state index contributed by atoms with van der Waals surface area (Å²) in [6.45, 7) is 7.23. The molecule has 0 spiro atoms. The molecule has 164 valence electrons. The normalized spacial score (nSPS) is 20.2. The first-order valence-electron chi connectivity index (χ1n) is 11.6. The molecule has 3 rings (SSSR count). The van der Waals surface area contributed by atoms with Gasteiger partial charge >= 0.3 is 0 Å². The van der Waals surface area contributed by atoms with Crippen molar-refractivity contribution >= 4 is 5.96 Å². The molecule has 0 amide bonds. The Bertz CT molecular complexity index is 644. The van der Waals surface area contributed by atoms with Gasteiger partial charge in [0.1, 0.15) is 12.4 Å². The Balaban J connectivity index is 1.64. The second kappa shape index (κ2) is 11.0. The maximum Gasteiger partial charge on any atom is 0.191 e. The molecule has 0 radical (unpaired) electrons. The second-order valence-corrected chi connectivity index (χ2v) is 8.87. The molecule has 0 atom stereocenters. The smallest absolute Gasteiger partial charge is 0.191 e. The molecule has 0 aliphatic heterocycles. The second-order valence-electron chi connectivity index (χ2n) is 8.87. The van der Waals surface area contributed by atoms with E-state index < -0.39 is 0 Å². The quantitative estimate of drug-likeness (QED) is 0.374. The van der Waals surface area contributed by atoms with Crippen LogP contribution in [0.15, 0.2) is 4.99 Å². The fraction of sp³-hybridized carbons (Fsp3) is 0.864. The van der Waals surface area contributed by atoms with Crippen LogP contribution in [0.2, 0.25) is 0 Å². The molecule has 1 aromatic heterocycles. The Kier molecular flexibility index (Phi) is 8.33. The van der Waals surface area contributed by atoms with Gasteiger partial charge in [0.25, 0.3) is 0 Å². The van der Waals surface area contributed by atoms with Crippen LogP contribution in [0.1, 0.15) is 82.8 Å². The van der Waals surface area contributed by atoms with Crippen LogP contribution < -0.4 is 10.6 Å². The average Bonchev–Trinajstić information content (AvgIpc) is 3.33. The summed E-state index contributed by atoms with van der Waals surface area (Å²) in [7, 11) is 2.00. The van der Waals surface area contributed by atoms with E-state index in [2.05, 4.69) is 27.8 Å². The van der Waals surface area contributed by atoms with Crippen LogP contribution in [0.25, 0.3) is 0 Å². The minimum atomic E-state index is 0.339. The Hall–Kier alpha value is -1.63. The zero-order valence-corrected chi connectivity index (χ0v) is 18.7. The largest absolute Gasteiger partial charge is 0.382 e. The molecule has 29 heavy (non-hydrogen) atoms. The van der Waals surface area contributed by atoms with E-state index in [0.717, 1.165) is 43.8 Å². The Morgan fingerprint density at radius 2 is 1.93 bits per heavy atom. The topological polar surface area (TPSA) is 76.4 Å². The average molecular weight is 405 g/mol. The molecule has 2 aliphatic rings. The van der Waals surface area contributed by atoms with Crippen molar-refractivity contribution in [3.63, 3.8) is 0 Å². The van der Waals surface area contributed by atoms with Crippen molar-refractivity contribution in [3.8, 4) is 0 Å². The van der Waals surface area contributed by atoms with Crippen molar-refractivity contribution in [1.82, 2.24) is 25.4 Å². The lowest BCUT2D eigenvalue weighted by atomic mass is 9.83. The summed E-state index contributed by atoms with van der Waals surface area (Å²) >= 11 is 0. The molecule has 2 N–H and O–H groups in total. The summed E-state index contributed by atoms with van der Waals surface area (Å²) in [6, 6.07) is 0.527. The van der Waals surface area contributed by atoms with E-state index in [9.17, 15) is 0 Å². The summed E-state index contributed by atoms with van der Waals surface area (Å²) in [6.07, 6.45) is 12.8. The van der Waals surface area contributed by atoms with Gasteiger partial charge in [-0.2, -0.15) is 0 Å². The maximum absolute atomic E-state index is 5.68. The summed E-state index contributed by atoms with van der Waals surface area (Å²) < 4.78 is 7.69. The number of nitrogens with zero attached hydrogens (tertiary/aromatic N) is 4. The zero-order valence-electron chi connectivity index (χ0n) is 18.7.